The first-order chi connectivity index (χ1) is 7.36. The molecular weight excluding hydrogens is 196 g/mol. The standard InChI is InChI=1S/C14H30N2/c1-12(2)13(3,4)10-15-11-14(5)8-6-7-9-16-14/h12,15-16H,6-11H2,1-5H3. The van der Waals surface area contributed by atoms with Crippen LogP contribution in [0.3, 0.4) is 0 Å². The Labute approximate surface area is 102 Å². The summed E-state index contributed by atoms with van der Waals surface area (Å²) in [6, 6.07) is 0. The largest absolute Gasteiger partial charge is 0.314 e. The van der Waals surface area contributed by atoms with Crippen molar-refractivity contribution in [3.05, 3.63) is 0 Å². The third-order valence-corrected chi connectivity index (χ3v) is 4.37. The van der Waals surface area contributed by atoms with E-state index in [-0.39, 0.29) is 0 Å². The average molecular weight is 226 g/mol. The summed E-state index contributed by atoms with van der Waals surface area (Å²) < 4.78 is 0. The second-order valence-corrected chi connectivity index (χ2v) is 6.69. The highest BCUT2D eigenvalue weighted by Crippen LogP contribution is 2.25. The normalized spacial score (nSPS) is 27.4. The smallest absolute Gasteiger partial charge is 0.0277 e. The molecule has 1 atom stereocenters. The van der Waals surface area contributed by atoms with Crippen molar-refractivity contribution in [1.29, 1.82) is 0 Å². The van der Waals surface area contributed by atoms with Crippen LogP contribution in [0.5, 0.6) is 0 Å². The van der Waals surface area contributed by atoms with Gasteiger partial charge in [-0.05, 0) is 37.6 Å². The van der Waals surface area contributed by atoms with Crippen LogP contribution in [0.2, 0.25) is 0 Å². The van der Waals surface area contributed by atoms with Crippen molar-refractivity contribution in [2.45, 2.75) is 59.4 Å². The molecule has 1 rings (SSSR count). The van der Waals surface area contributed by atoms with Crippen molar-refractivity contribution >= 4 is 0 Å². The van der Waals surface area contributed by atoms with E-state index in [1.807, 2.05) is 0 Å². The SMILES string of the molecule is CC(C)C(C)(C)CNCC1(C)CCCCN1. The van der Waals surface area contributed by atoms with Gasteiger partial charge in [-0.25, -0.2) is 0 Å². The fraction of sp³-hybridized carbons (Fsp3) is 1.00. The summed E-state index contributed by atoms with van der Waals surface area (Å²) >= 11 is 0. The van der Waals surface area contributed by atoms with Gasteiger partial charge in [0.1, 0.15) is 0 Å². The van der Waals surface area contributed by atoms with Gasteiger partial charge in [0.2, 0.25) is 0 Å². The van der Waals surface area contributed by atoms with Gasteiger partial charge in [-0.2, -0.15) is 0 Å². The van der Waals surface area contributed by atoms with Crippen molar-refractivity contribution in [3.63, 3.8) is 0 Å². The fourth-order valence-corrected chi connectivity index (χ4v) is 2.13. The van der Waals surface area contributed by atoms with Gasteiger partial charge in [0.25, 0.3) is 0 Å². The molecule has 2 N–H and O–H groups in total. The average Bonchev–Trinajstić information content (AvgIpc) is 2.17. The molecule has 1 heterocycles. The zero-order valence-electron chi connectivity index (χ0n) is 11.8. The Morgan fingerprint density at radius 2 is 2.00 bits per heavy atom. The third kappa shape index (κ3) is 4.06. The van der Waals surface area contributed by atoms with Gasteiger partial charge in [0, 0.05) is 18.6 Å². The Kier molecular flexibility index (Phi) is 4.81. The van der Waals surface area contributed by atoms with Crippen molar-refractivity contribution < 1.29 is 0 Å². The van der Waals surface area contributed by atoms with Gasteiger partial charge in [0.15, 0.2) is 0 Å². The Hall–Kier alpha value is -0.0800. The lowest BCUT2D eigenvalue weighted by atomic mass is 9.81. The van der Waals surface area contributed by atoms with Crippen LogP contribution in [-0.4, -0.2) is 25.2 Å². The monoisotopic (exact) mass is 226 g/mol. The van der Waals surface area contributed by atoms with Crippen LogP contribution in [0, 0.1) is 11.3 Å². The Balaban J connectivity index is 2.29. The molecule has 1 unspecified atom stereocenters. The minimum absolute atomic E-state index is 0.325. The molecule has 2 nitrogen and oxygen atoms in total. The van der Waals surface area contributed by atoms with Crippen LogP contribution < -0.4 is 10.6 Å². The third-order valence-electron chi connectivity index (χ3n) is 4.37. The van der Waals surface area contributed by atoms with Crippen LogP contribution >= 0.6 is 0 Å². The molecule has 0 aromatic rings. The van der Waals surface area contributed by atoms with E-state index in [1.165, 1.54) is 25.8 Å². The lowest BCUT2D eigenvalue weighted by molar-refractivity contribution is 0.211. The summed E-state index contributed by atoms with van der Waals surface area (Å²) in [4.78, 5) is 0. The van der Waals surface area contributed by atoms with E-state index < -0.39 is 0 Å². The molecule has 1 fully saturated rings. The van der Waals surface area contributed by atoms with E-state index >= 15 is 0 Å². The molecule has 0 amide bonds. The fourth-order valence-electron chi connectivity index (χ4n) is 2.13. The Morgan fingerprint density at radius 1 is 1.31 bits per heavy atom. The van der Waals surface area contributed by atoms with Crippen LogP contribution in [0.25, 0.3) is 0 Å². The number of rotatable bonds is 5. The van der Waals surface area contributed by atoms with Crippen molar-refractivity contribution in [1.82, 2.24) is 10.6 Å². The molecule has 0 bridgehead atoms. The minimum atomic E-state index is 0.325. The van der Waals surface area contributed by atoms with E-state index in [4.69, 9.17) is 0 Å². The minimum Gasteiger partial charge on any atom is -0.314 e. The molecule has 0 spiro atoms. The highest BCUT2D eigenvalue weighted by atomic mass is 15.0. The van der Waals surface area contributed by atoms with Crippen molar-refractivity contribution in [2.24, 2.45) is 11.3 Å². The number of piperidine rings is 1. The Morgan fingerprint density at radius 3 is 2.50 bits per heavy atom. The first-order valence-electron chi connectivity index (χ1n) is 6.81. The van der Waals surface area contributed by atoms with E-state index in [2.05, 4.69) is 45.3 Å². The second-order valence-electron chi connectivity index (χ2n) is 6.69. The molecule has 96 valence electrons. The highest BCUT2D eigenvalue weighted by molar-refractivity contribution is 4.89. The number of hydrogen-bond acceptors (Lipinski definition) is 2. The topological polar surface area (TPSA) is 24.1 Å². The summed E-state index contributed by atoms with van der Waals surface area (Å²) in [5.41, 5.74) is 0.719. The molecule has 1 aliphatic rings. The van der Waals surface area contributed by atoms with Gasteiger partial charge in [-0.3, -0.25) is 0 Å². The summed E-state index contributed by atoms with van der Waals surface area (Å²) in [6.45, 7) is 15.1. The van der Waals surface area contributed by atoms with E-state index in [1.54, 1.807) is 0 Å². The second kappa shape index (κ2) is 5.50. The lowest BCUT2D eigenvalue weighted by Crippen LogP contribution is -2.53. The van der Waals surface area contributed by atoms with Gasteiger partial charge >= 0.3 is 0 Å². The van der Waals surface area contributed by atoms with Gasteiger partial charge in [0.05, 0.1) is 0 Å². The van der Waals surface area contributed by atoms with Gasteiger partial charge < -0.3 is 10.6 Å². The maximum Gasteiger partial charge on any atom is 0.0277 e. The predicted molar refractivity (Wildman–Crippen MR) is 71.7 cm³/mol. The molecule has 0 radical (unpaired) electrons. The van der Waals surface area contributed by atoms with Crippen LogP contribution in [0.15, 0.2) is 0 Å². The zero-order chi connectivity index (χ0) is 12.2. The molecule has 1 saturated heterocycles. The summed E-state index contributed by atoms with van der Waals surface area (Å²) in [5.74, 6) is 0.729. The van der Waals surface area contributed by atoms with Crippen LogP contribution in [0.4, 0.5) is 0 Å². The Bertz CT molecular complexity index is 203. The number of nitrogens with one attached hydrogen (secondary N) is 2. The first kappa shape index (κ1) is 14.0. The van der Waals surface area contributed by atoms with E-state index in [0.29, 0.717) is 11.0 Å². The van der Waals surface area contributed by atoms with E-state index in [0.717, 1.165) is 19.0 Å². The summed E-state index contributed by atoms with van der Waals surface area (Å²) in [7, 11) is 0. The molecule has 0 aromatic heterocycles. The molecule has 0 aromatic carbocycles. The van der Waals surface area contributed by atoms with Crippen molar-refractivity contribution in [3.8, 4) is 0 Å². The van der Waals surface area contributed by atoms with Crippen LogP contribution in [0.1, 0.15) is 53.9 Å². The van der Waals surface area contributed by atoms with Crippen molar-refractivity contribution in [2.75, 3.05) is 19.6 Å². The zero-order valence-corrected chi connectivity index (χ0v) is 11.8. The van der Waals surface area contributed by atoms with E-state index in [9.17, 15) is 0 Å². The molecule has 2 heteroatoms. The quantitative estimate of drug-likeness (QED) is 0.753. The number of hydrogen-bond donors (Lipinski definition) is 2. The maximum atomic E-state index is 3.65. The first-order valence-corrected chi connectivity index (χ1v) is 6.81. The molecule has 0 saturated carbocycles. The highest BCUT2D eigenvalue weighted by Gasteiger charge is 2.27. The lowest BCUT2D eigenvalue weighted by Gasteiger charge is -2.37. The van der Waals surface area contributed by atoms with Gasteiger partial charge in [-0.1, -0.05) is 34.1 Å². The molecule has 16 heavy (non-hydrogen) atoms. The summed E-state index contributed by atoms with van der Waals surface area (Å²) in [5, 5.41) is 7.30. The maximum absolute atomic E-state index is 3.65. The molecular formula is C14H30N2. The summed E-state index contributed by atoms with van der Waals surface area (Å²) in [6.07, 6.45) is 4.02. The van der Waals surface area contributed by atoms with Crippen LogP contribution in [-0.2, 0) is 0 Å². The van der Waals surface area contributed by atoms with Gasteiger partial charge in [-0.15, -0.1) is 0 Å². The predicted octanol–water partition coefficient (Wildman–Crippen LogP) is 2.79. The molecule has 1 aliphatic heterocycles. The molecule has 0 aliphatic carbocycles.